The van der Waals surface area contributed by atoms with Gasteiger partial charge >= 0.3 is 0 Å². The summed E-state index contributed by atoms with van der Waals surface area (Å²) in [4.78, 5) is 14.0. The lowest BCUT2D eigenvalue weighted by molar-refractivity contribution is -0.120. The van der Waals surface area contributed by atoms with Crippen molar-refractivity contribution in [1.82, 2.24) is 0 Å². The third-order valence-electron chi connectivity index (χ3n) is 4.71. The fourth-order valence-corrected chi connectivity index (χ4v) is 3.77. The molecule has 1 aliphatic rings. The van der Waals surface area contributed by atoms with E-state index in [-0.39, 0.29) is 5.91 Å². The summed E-state index contributed by atoms with van der Waals surface area (Å²) >= 11 is 0. The van der Waals surface area contributed by atoms with Crippen molar-refractivity contribution in [3.05, 3.63) is 71.8 Å². The highest BCUT2D eigenvalue weighted by molar-refractivity contribution is 6.11. The molecule has 25 heavy (non-hydrogen) atoms. The normalized spacial score (nSPS) is 18.6. The first-order valence-electron chi connectivity index (χ1n) is 8.36. The van der Waals surface area contributed by atoms with Gasteiger partial charge in [-0.1, -0.05) is 42.5 Å². The minimum absolute atomic E-state index is 0.215. The van der Waals surface area contributed by atoms with Crippen LogP contribution in [0.1, 0.15) is 25.0 Å². The van der Waals surface area contributed by atoms with E-state index in [0.717, 1.165) is 16.5 Å². The first kappa shape index (κ1) is 15.7. The minimum Gasteiger partial charge on any atom is -0.493 e. The van der Waals surface area contributed by atoms with Gasteiger partial charge in [0.25, 0.3) is 0 Å². The average molecular weight is 333 g/mol. The third-order valence-corrected chi connectivity index (χ3v) is 4.71. The molecule has 4 nitrogen and oxygen atoms in total. The van der Waals surface area contributed by atoms with Crippen molar-refractivity contribution in [1.29, 1.82) is 0 Å². The van der Waals surface area contributed by atoms with Crippen molar-refractivity contribution in [2.75, 3.05) is 11.5 Å². The van der Waals surface area contributed by atoms with Crippen LogP contribution in [-0.2, 0) is 10.5 Å². The number of anilines is 1. The number of carbonyl (C=O) groups excluding carboxylic acids is 1. The molecule has 1 atom stereocenters. The Kier molecular flexibility index (Phi) is 3.51. The summed E-state index contributed by atoms with van der Waals surface area (Å²) in [5.74, 6) is 0.539. The largest absolute Gasteiger partial charge is 0.493 e. The monoisotopic (exact) mass is 333 g/mol. The molecule has 4 rings (SSSR count). The molecule has 1 unspecified atom stereocenters. The summed E-state index contributed by atoms with van der Waals surface area (Å²) < 4.78 is 5.74. The van der Waals surface area contributed by atoms with E-state index < -0.39 is 5.72 Å². The smallest absolute Gasteiger partial charge is 0.226 e. The second-order valence-corrected chi connectivity index (χ2v) is 6.14. The van der Waals surface area contributed by atoms with Crippen molar-refractivity contribution < 1.29 is 14.6 Å². The third kappa shape index (κ3) is 2.07. The molecule has 0 fully saturated rings. The number of ether oxygens (including phenoxy) is 1. The lowest BCUT2D eigenvalue weighted by Crippen LogP contribution is -2.47. The standard InChI is InChI=1S/C21H19NO3/c1-3-25-19-13-12-17-20-16(19)10-7-11-18(20)22(14(2)23)21(17,24)15-8-5-4-6-9-15/h4-13,24H,3H2,1-2H3. The van der Waals surface area contributed by atoms with Crippen LogP contribution in [0.5, 0.6) is 5.75 Å². The number of nitrogens with zero attached hydrogens (tertiary/aromatic N) is 1. The number of aliphatic hydroxyl groups is 1. The summed E-state index contributed by atoms with van der Waals surface area (Å²) in [6.07, 6.45) is 0. The maximum absolute atomic E-state index is 12.5. The highest BCUT2D eigenvalue weighted by Gasteiger charge is 2.48. The van der Waals surface area contributed by atoms with E-state index in [2.05, 4.69) is 0 Å². The Bertz CT molecular complexity index is 968. The Morgan fingerprint density at radius 2 is 1.84 bits per heavy atom. The Morgan fingerprint density at radius 1 is 1.08 bits per heavy atom. The predicted molar refractivity (Wildman–Crippen MR) is 97.7 cm³/mol. The van der Waals surface area contributed by atoms with E-state index in [1.54, 1.807) is 0 Å². The molecule has 0 radical (unpaired) electrons. The molecule has 1 heterocycles. The molecule has 1 N–H and O–H groups in total. The molecule has 0 spiro atoms. The Labute approximate surface area is 146 Å². The van der Waals surface area contributed by atoms with E-state index in [1.807, 2.05) is 67.6 Å². The van der Waals surface area contributed by atoms with Crippen LogP contribution in [0.3, 0.4) is 0 Å². The van der Waals surface area contributed by atoms with Crippen molar-refractivity contribution in [3.8, 4) is 5.75 Å². The van der Waals surface area contributed by atoms with Gasteiger partial charge in [-0.3, -0.25) is 9.69 Å². The van der Waals surface area contributed by atoms with Gasteiger partial charge < -0.3 is 9.84 Å². The zero-order valence-electron chi connectivity index (χ0n) is 14.2. The fourth-order valence-electron chi connectivity index (χ4n) is 3.77. The maximum atomic E-state index is 12.5. The predicted octanol–water partition coefficient (Wildman–Crippen LogP) is 3.80. The zero-order chi connectivity index (χ0) is 17.6. The molecular formula is C21H19NO3. The molecule has 0 bridgehead atoms. The zero-order valence-corrected chi connectivity index (χ0v) is 14.2. The Hall–Kier alpha value is -2.85. The molecule has 0 saturated heterocycles. The van der Waals surface area contributed by atoms with Crippen molar-refractivity contribution in [2.24, 2.45) is 0 Å². The molecule has 1 amide bonds. The summed E-state index contributed by atoms with van der Waals surface area (Å²) in [6.45, 7) is 3.96. The highest BCUT2D eigenvalue weighted by atomic mass is 16.5. The molecule has 1 aliphatic heterocycles. The quantitative estimate of drug-likeness (QED) is 0.793. The highest BCUT2D eigenvalue weighted by Crippen LogP contribution is 2.51. The lowest BCUT2D eigenvalue weighted by atomic mass is 9.92. The van der Waals surface area contributed by atoms with Gasteiger partial charge in [0.15, 0.2) is 5.72 Å². The minimum atomic E-state index is -1.53. The Morgan fingerprint density at radius 3 is 2.52 bits per heavy atom. The Balaban J connectivity index is 2.08. The molecule has 3 aromatic rings. The van der Waals surface area contributed by atoms with E-state index in [1.165, 1.54) is 11.8 Å². The van der Waals surface area contributed by atoms with Gasteiger partial charge in [-0.25, -0.2) is 0 Å². The van der Waals surface area contributed by atoms with Gasteiger partial charge in [-0.2, -0.15) is 0 Å². The summed E-state index contributed by atoms with van der Waals surface area (Å²) in [5, 5.41) is 13.5. The van der Waals surface area contributed by atoms with Gasteiger partial charge in [0, 0.05) is 28.8 Å². The first-order chi connectivity index (χ1) is 12.1. The number of benzene rings is 3. The SMILES string of the molecule is CCOc1ccc2c3c(cccc13)N(C(C)=O)C2(O)c1ccccc1. The molecule has 4 heteroatoms. The molecule has 3 aromatic carbocycles. The molecule has 0 aromatic heterocycles. The van der Waals surface area contributed by atoms with Crippen LogP contribution in [0.25, 0.3) is 10.8 Å². The van der Waals surface area contributed by atoms with Crippen LogP contribution in [-0.4, -0.2) is 17.6 Å². The van der Waals surface area contributed by atoms with Gasteiger partial charge in [-0.15, -0.1) is 0 Å². The molecule has 0 saturated carbocycles. The number of hydrogen-bond donors (Lipinski definition) is 1. The molecule has 0 aliphatic carbocycles. The van der Waals surface area contributed by atoms with Gasteiger partial charge in [-0.05, 0) is 25.1 Å². The lowest BCUT2D eigenvalue weighted by Gasteiger charge is -2.34. The average Bonchev–Trinajstić information content (AvgIpc) is 2.89. The number of rotatable bonds is 3. The second-order valence-electron chi connectivity index (χ2n) is 6.14. The summed E-state index contributed by atoms with van der Waals surface area (Å²) in [6, 6.07) is 18.7. The van der Waals surface area contributed by atoms with E-state index in [4.69, 9.17) is 4.74 Å². The van der Waals surface area contributed by atoms with Crippen molar-refractivity contribution in [3.63, 3.8) is 0 Å². The van der Waals surface area contributed by atoms with Crippen LogP contribution in [0.4, 0.5) is 5.69 Å². The van der Waals surface area contributed by atoms with Crippen LogP contribution in [0.2, 0.25) is 0 Å². The van der Waals surface area contributed by atoms with Crippen molar-refractivity contribution >= 4 is 22.4 Å². The van der Waals surface area contributed by atoms with Crippen LogP contribution in [0.15, 0.2) is 60.7 Å². The van der Waals surface area contributed by atoms with E-state index in [9.17, 15) is 9.90 Å². The van der Waals surface area contributed by atoms with Gasteiger partial charge in [0.05, 0.1) is 12.3 Å². The molecular weight excluding hydrogens is 314 g/mol. The first-order valence-corrected chi connectivity index (χ1v) is 8.36. The van der Waals surface area contributed by atoms with E-state index >= 15 is 0 Å². The van der Waals surface area contributed by atoms with Crippen LogP contribution >= 0.6 is 0 Å². The fraction of sp³-hybridized carbons (Fsp3) is 0.190. The summed E-state index contributed by atoms with van der Waals surface area (Å²) in [7, 11) is 0. The van der Waals surface area contributed by atoms with Crippen LogP contribution < -0.4 is 9.64 Å². The topological polar surface area (TPSA) is 49.8 Å². The maximum Gasteiger partial charge on any atom is 0.226 e. The number of amides is 1. The van der Waals surface area contributed by atoms with E-state index in [0.29, 0.717) is 23.4 Å². The van der Waals surface area contributed by atoms with Crippen molar-refractivity contribution in [2.45, 2.75) is 19.6 Å². The van der Waals surface area contributed by atoms with Gasteiger partial charge in [0.1, 0.15) is 5.75 Å². The number of hydrogen-bond acceptors (Lipinski definition) is 3. The van der Waals surface area contributed by atoms with Crippen LogP contribution in [0, 0.1) is 0 Å². The molecule has 126 valence electrons. The number of carbonyl (C=O) groups is 1. The van der Waals surface area contributed by atoms with Gasteiger partial charge in [0.2, 0.25) is 5.91 Å². The second kappa shape index (κ2) is 5.60. The summed E-state index contributed by atoms with van der Waals surface area (Å²) in [5.41, 5.74) is 0.530.